The summed E-state index contributed by atoms with van der Waals surface area (Å²) >= 11 is 9.43. The Morgan fingerprint density at radius 3 is 2.87 bits per heavy atom. The van der Waals surface area contributed by atoms with Crippen LogP contribution in [0.15, 0.2) is 16.7 Å². The Labute approximate surface area is 102 Å². The molecular weight excluding hydrogens is 277 g/mol. The summed E-state index contributed by atoms with van der Waals surface area (Å²) in [5.41, 5.74) is 0. The number of hydrogen-bond acceptors (Lipinski definition) is 3. The van der Waals surface area contributed by atoms with Crippen LogP contribution in [0.1, 0.15) is 0 Å². The van der Waals surface area contributed by atoms with Crippen molar-refractivity contribution in [2.24, 2.45) is 11.8 Å². The molecule has 1 aromatic heterocycles. The number of halogens is 2. The van der Waals surface area contributed by atoms with Crippen molar-refractivity contribution in [3.8, 4) is 0 Å². The van der Waals surface area contributed by atoms with Crippen LogP contribution in [-0.4, -0.2) is 24.1 Å². The van der Waals surface area contributed by atoms with E-state index in [4.69, 9.17) is 11.6 Å². The number of piperidine rings is 1. The lowest BCUT2D eigenvalue weighted by Gasteiger charge is -2.09. The van der Waals surface area contributed by atoms with Crippen LogP contribution < -0.4 is 10.6 Å². The molecule has 0 radical (unpaired) electrons. The summed E-state index contributed by atoms with van der Waals surface area (Å²) in [6.07, 6.45) is 1.77. The molecule has 2 fully saturated rings. The molecule has 0 spiro atoms. The molecule has 1 saturated heterocycles. The van der Waals surface area contributed by atoms with Gasteiger partial charge in [0.1, 0.15) is 5.82 Å². The van der Waals surface area contributed by atoms with Gasteiger partial charge in [0.25, 0.3) is 0 Å². The number of pyridine rings is 1. The summed E-state index contributed by atoms with van der Waals surface area (Å²) in [5.74, 6) is 2.34. The Kier molecular flexibility index (Phi) is 2.38. The van der Waals surface area contributed by atoms with E-state index in [1.165, 1.54) is 0 Å². The number of aromatic nitrogens is 1. The van der Waals surface area contributed by atoms with Crippen molar-refractivity contribution in [2.45, 2.75) is 6.04 Å². The van der Waals surface area contributed by atoms with Gasteiger partial charge in [-0.25, -0.2) is 4.98 Å². The third-order valence-electron chi connectivity index (χ3n) is 3.20. The van der Waals surface area contributed by atoms with Crippen LogP contribution in [0.2, 0.25) is 5.02 Å². The van der Waals surface area contributed by atoms with Gasteiger partial charge >= 0.3 is 0 Å². The normalized spacial score (nSPS) is 32.5. The molecule has 3 nitrogen and oxygen atoms in total. The average Bonchev–Trinajstić information content (AvgIpc) is 2.66. The lowest BCUT2D eigenvalue weighted by atomic mass is 10.4. The Morgan fingerprint density at radius 2 is 2.20 bits per heavy atom. The van der Waals surface area contributed by atoms with Crippen LogP contribution in [0.5, 0.6) is 0 Å². The van der Waals surface area contributed by atoms with Crippen molar-refractivity contribution in [3.05, 3.63) is 21.8 Å². The highest BCUT2D eigenvalue weighted by Crippen LogP contribution is 2.44. The first kappa shape index (κ1) is 9.87. The molecule has 1 aliphatic carbocycles. The predicted molar refractivity (Wildman–Crippen MR) is 64.2 cm³/mol. The van der Waals surface area contributed by atoms with Crippen LogP contribution in [0.4, 0.5) is 5.82 Å². The van der Waals surface area contributed by atoms with Crippen molar-refractivity contribution >= 4 is 33.3 Å². The number of hydrogen-bond donors (Lipinski definition) is 2. The Hall–Kier alpha value is -0.320. The second-order valence-electron chi connectivity index (χ2n) is 4.14. The van der Waals surface area contributed by atoms with Crippen LogP contribution in [0.3, 0.4) is 0 Å². The summed E-state index contributed by atoms with van der Waals surface area (Å²) in [4.78, 5) is 4.27. The number of anilines is 1. The zero-order valence-corrected chi connectivity index (χ0v) is 10.3. The zero-order chi connectivity index (χ0) is 10.4. The highest BCUT2D eigenvalue weighted by molar-refractivity contribution is 9.10. The molecule has 1 aliphatic heterocycles. The third-order valence-corrected chi connectivity index (χ3v) is 3.92. The first-order valence-corrected chi connectivity index (χ1v) is 6.21. The van der Waals surface area contributed by atoms with Gasteiger partial charge in [-0.2, -0.15) is 0 Å². The highest BCUT2D eigenvalue weighted by atomic mass is 79.9. The SMILES string of the molecule is Clc1cc(Br)cnc1NC1C2CNCC21. The molecule has 80 valence electrons. The zero-order valence-electron chi connectivity index (χ0n) is 8.00. The number of fused-ring (bicyclic) bond motifs is 1. The van der Waals surface area contributed by atoms with Crippen LogP contribution in [0.25, 0.3) is 0 Å². The summed E-state index contributed by atoms with van der Waals surface area (Å²) in [7, 11) is 0. The Bertz CT molecular complexity index is 388. The highest BCUT2D eigenvalue weighted by Gasteiger charge is 2.53. The van der Waals surface area contributed by atoms with Crippen molar-refractivity contribution in [3.63, 3.8) is 0 Å². The second-order valence-corrected chi connectivity index (χ2v) is 5.46. The lowest BCUT2D eigenvalue weighted by Crippen LogP contribution is -2.21. The number of nitrogens with zero attached hydrogens (tertiary/aromatic N) is 1. The average molecular weight is 289 g/mol. The van der Waals surface area contributed by atoms with Gasteiger partial charge in [-0.15, -0.1) is 0 Å². The first-order chi connectivity index (χ1) is 7.25. The molecule has 0 aromatic carbocycles. The molecule has 3 rings (SSSR count). The quantitative estimate of drug-likeness (QED) is 0.875. The van der Waals surface area contributed by atoms with Crippen LogP contribution in [0, 0.1) is 11.8 Å². The predicted octanol–water partition coefficient (Wildman–Crippen LogP) is 2.13. The fraction of sp³-hybridized carbons (Fsp3) is 0.500. The van der Waals surface area contributed by atoms with E-state index >= 15 is 0 Å². The van der Waals surface area contributed by atoms with Gasteiger partial charge in [-0.1, -0.05) is 11.6 Å². The Balaban J connectivity index is 1.72. The van der Waals surface area contributed by atoms with E-state index in [2.05, 4.69) is 31.5 Å². The van der Waals surface area contributed by atoms with E-state index in [-0.39, 0.29) is 0 Å². The molecule has 2 atom stereocenters. The summed E-state index contributed by atoms with van der Waals surface area (Å²) in [5, 5.41) is 7.45. The van der Waals surface area contributed by atoms with E-state index in [0.29, 0.717) is 11.1 Å². The largest absolute Gasteiger partial charge is 0.365 e. The standard InChI is InChI=1S/C10H11BrClN3/c11-5-1-8(12)10(14-2-5)15-9-6-3-13-4-7(6)9/h1-2,6-7,9,13H,3-4H2,(H,14,15). The molecule has 0 amide bonds. The minimum Gasteiger partial charge on any atom is -0.365 e. The van der Waals surface area contributed by atoms with Crippen LogP contribution >= 0.6 is 27.5 Å². The van der Waals surface area contributed by atoms with Gasteiger partial charge in [0.2, 0.25) is 0 Å². The van der Waals surface area contributed by atoms with Crippen molar-refractivity contribution in [2.75, 3.05) is 18.4 Å². The van der Waals surface area contributed by atoms with Gasteiger partial charge in [-0.3, -0.25) is 0 Å². The number of rotatable bonds is 2. The maximum absolute atomic E-state index is 6.09. The molecule has 5 heteroatoms. The summed E-state index contributed by atoms with van der Waals surface area (Å²) in [6.45, 7) is 2.24. The van der Waals surface area contributed by atoms with Gasteiger partial charge in [0.05, 0.1) is 5.02 Å². The fourth-order valence-electron chi connectivity index (χ4n) is 2.31. The van der Waals surface area contributed by atoms with E-state index in [1.807, 2.05) is 6.07 Å². The van der Waals surface area contributed by atoms with Crippen molar-refractivity contribution in [1.29, 1.82) is 0 Å². The fourth-order valence-corrected chi connectivity index (χ4v) is 3.00. The van der Waals surface area contributed by atoms with Gasteiger partial charge in [0, 0.05) is 29.8 Å². The third kappa shape index (κ3) is 1.75. The lowest BCUT2D eigenvalue weighted by molar-refractivity contribution is 0.695. The second kappa shape index (κ2) is 3.61. The van der Waals surface area contributed by atoms with E-state index in [0.717, 1.165) is 35.2 Å². The molecule has 1 aromatic rings. The summed E-state index contributed by atoms with van der Waals surface area (Å²) < 4.78 is 0.913. The molecule has 0 bridgehead atoms. The van der Waals surface area contributed by atoms with Crippen molar-refractivity contribution in [1.82, 2.24) is 10.3 Å². The monoisotopic (exact) mass is 287 g/mol. The molecule has 2 N–H and O–H groups in total. The summed E-state index contributed by atoms with van der Waals surface area (Å²) in [6, 6.07) is 2.44. The van der Waals surface area contributed by atoms with Gasteiger partial charge < -0.3 is 10.6 Å². The maximum atomic E-state index is 6.09. The van der Waals surface area contributed by atoms with Crippen LogP contribution in [-0.2, 0) is 0 Å². The Morgan fingerprint density at radius 1 is 1.47 bits per heavy atom. The smallest absolute Gasteiger partial charge is 0.145 e. The van der Waals surface area contributed by atoms with E-state index < -0.39 is 0 Å². The molecule has 1 saturated carbocycles. The van der Waals surface area contributed by atoms with E-state index in [9.17, 15) is 0 Å². The molecular formula is C10H11BrClN3. The topological polar surface area (TPSA) is 37.0 Å². The number of nitrogens with one attached hydrogen (secondary N) is 2. The minimum atomic E-state index is 0.567. The van der Waals surface area contributed by atoms with E-state index in [1.54, 1.807) is 6.20 Å². The van der Waals surface area contributed by atoms with Crippen molar-refractivity contribution < 1.29 is 0 Å². The molecule has 2 heterocycles. The molecule has 2 unspecified atom stereocenters. The molecule has 15 heavy (non-hydrogen) atoms. The van der Waals surface area contributed by atoms with Gasteiger partial charge in [-0.05, 0) is 33.8 Å². The minimum absolute atomic E-state index is 0.567. The van der Waals surface area contributed by atoms with Gasteiger partial charge in [0.15, 0.2) is 0 Å². The molecule has 2 aliphatic rings. The first-order valence-electron chi connectivity index (χ1n) is 5.04. The maximum Gasteiger partial charge on any atom is 0.145 e.